The second kappa shape index (κ2) is 5.83. The summed E-state index contributed by atoms with van der Waals surface area (Å²) in [6.07, 6.45) is 6.04. The van der Waals surface area contributed by atoms with Crippen LogP contribution in [0.25, 0.3) is 11.1 Å². The summed E-state index contributed by atoms with van der Waals surface area (Å²) >= 11 is 0. The molecule has 3 rings (SSSR count). The Bertz CT molecular complexity index is 710. The summed E-state index contributed by atoms with van der Waals surface area (Å²) in [5.41, 5.74) is 2.89. The van der Waals surface area contributed by atoms with E-state index in [0.717, 1.165) is 11.1 Å². The molecule has 1 aromatic carbocycles. The zero-order valence-corrected chi connectivity index (χ0v) is 12.0. The van der Waals surface area contributed by atoms with Crippen LogP contribution < -0.4 is 0 Å². The van der Waals surface area contributed by atoms with E-state index < -0.39 is 12.2 Å². The van der Waals surface area contributed by atoms with Crippen LogP contribution in [-0.2, 0) is 0 Å². The van der Waals surface area contributed by atoms with E-state index in [9.17, 15) is 20.4 Å². The second-order valence-electron chi connectivity index (χ2n) is 5.48. The first-order valence-corrected chi connectivity index (χ1v) is 7.25. The molecule has 4 N–H and O–H groups in total. The third-order valence-corrected chi connectivity index (χ3v) is 4.03. The molecule has 0 heterocycles. The Kier molecular flexibility index (Phi) is 3.88. The molecule has 0 aromatic heterocycles. The second-order valence-corrected chi connectivity index (χ2v) is 5.48. The number of aliphatic hydroxyl groups excluding tert-OH is 4. The molecule has 2 aliphatic carbocycles. The summed E-state index contributed by atoms with van der Waals surface area (Å²) in [4.78, 5) is 0. The fraction of sp³-hybridized carbons (Fsp3) is 0.222. The van der Waals surface area contributed by atoms with Crippen LogP contribution in [0.5, 0.6) is 0 Å². The molecule has 4 heteroatoms. The standard InChI is InChI=1S/C18H18O4/c19-15-8-2-6-13(17(15)21)11-4-1-5-12(10-11)14-7-3-9-16(20)18(14)22/h1-2,4-6,8-10,15,17,19-22H,3,7H2/t15-,17+/m1/s1. The number of allylic oxidation sites excluding steroid dienone is 4. The first-order valence-electron chi connectivity index (χ1n) is 7.25. The van der Waals surface area contributed by atoms with Crippen LogP contribution in [-0.4, -0.2) is 32.6 Å². The fourth-order valence-corrected chi connectivity index (χ4v) is 2.82. The Balaban J connectivity index is 2.01. The van der Waals surface area contributed by atoms with Crippen molar-refractivity contribution in [3.63, 3.8) is 0 Å². The number of hydrogen-bond acceptors (Lipinski definition) is 4. The maximum absolute atomic E-state index is 10.1. The summed E-state index contributed by atoms with van der Waals surface area (Å²) in [6.45, 7) is 0. The van der Waals surface area contributed by atoms with Gasteiger partial charge in [0.1, 0.15) is 12.2 Å². The van der Waals surface area contributed by atoms with Crippen molar-refractivity contribution in [2.24, 2.45) is 0 Å². The van der Waals surface area contributed by atoms with Crippen LogP contribution >= 0.6 is 0 Å². The molecular weight excluding hydrogens is 280 g/mol. The topological polar surface area (TPSA) is 80.9 Å². The van der Waals surface area contributed by atoms with Crippen molar-refractivity contribution in [1.82, 2.24) is 0 Å². The number of benzene rings is 1. The summed E-state index contributed by atoms with van der Waals surface area (Å²) < 4.78 is 0. The van der Waals surface area contributed by atoms with Gasteiger partial charge in [-0.3, -0.25) is 0 Å². The molecule has 2 atom stereocenters. The Morgan fingerprint density at radius 3 is 2.64 bits per heavy atom. The maximum Gasteiger partial charge on any atom is 0.160 e. The van der Waals surface area contributed by atoms with Crippen LogP contribution in [0.4, 0.5) is 0 Å². The fourth-order valence-electron chi connectivity index (χ4n) is 2.82. The van der Waals surface area contributed by atoms with Crippen molar-refractivity contribution in [2.75, 3.05) is 0 Å². The molecule has 4 nitrogen and oxygen atoms in total. The number of aliphatic hydroxyl groups is 4. The van der Waals surface area contributed by atoms with Crippen LogP contribution in [0.3, 0.4) is 0 Å². The molecule has 1 aromatic rings. The Morgan fingerprint density at radius 1 is 1.05 bits per heavy atom. The van der Waals surface area contributed by atoms with Gasteiger partial charge in [-0.1, -0.05) is 36.4 Å². The smallest absolute Gasteiger partial charge is 0.160 e. The van der Waals surface area contributed by atoms with E-state index in [0.29, 0.717) is 24.0 Å². The molecule has 0 amide bonds. The first-order chi connectivity index (χ1) is 10.6. The van der Waals surface area contributed by atoms with Gasteiger partial charge in [0.2, 0.25) is 0 Å². The lowest BCUT2D eigenvalue weighted by Crippen LogP contribution is -2.26. The summed E-state index contributed by atoms with van der Waals surface area (Å²) in [7, 11) is 0. The largest absolute Gasteiger partial charge is 0.504 e. The van der Waals surface area contributed by atoms with Gasteiger partial charge in [-0.05, 0) is 41.7 Å². The predicted octanol–water partition coefficient (Wildman–Crippen LogP) is 2.87. The lowest BCUT2D eigenvalue weighted by Gasteiger charge is -2.22. The monoisotopic (exact) mass is 298 g/mol. The van der Waals surface area contributed by atoms with E-state index in [1.165, 1.54) is 6.08 Å². The molecule has 0 fully saturated rings. The highest BCUT2D eigenvalue weighted by atomic mass is 16.3. The molecule has 0 aliphatic heterocycles. The molecule has 0 radical (unpaired) electrons. The first kappa shape index (κ1) is 14.6. The Morgan fingerprint density at radius 2 is 1.82 bits per heavy atom. The molecule has 0 spiro atoms. The lowest BCUT2D eigenvalue weighted by molar-refractivity contribution is 0.0859. The molecular formula is C18H18O4. The van der Waals surface area contributed by atoms with Crippen molar-refractivity contribution in [3.8, 4) is 0 Å². The van der Waals surface area contributed by atoms with E-state index in [1.807, 2.05) is 24.3 Å². The maximum atomic E-state index is 10.1. The minimum absolute atomic E-state index is 0.0954. The highest BCUT2D eigenvalue weighted by molar-refractivity contribution is 5.77. The van der Waals surface area contributed by atoms with E-state index in [4.69, 9.17) is 0 Å². The highest BCUT2D eigenvalue weighted by Crippen LogP contribution is 2.32. The van der Waals surface area contributed by atoms with Gasteiger partial charge in [-0.15, -0.1) is 0 Å². The van der Waals surface area contributed by atoms with Crippen molar-refractivity contribution in [3.05, 3.63) is 71.2 Å². The average molecular weight is 298 g/mol. The zero-order chi connectivity index (χ0) is 15.7. The molecule has 0 saturated carbocycles. The molecule has 2 aliphatic rings. The van der Waals surface area contributed by atoms with Gasteiger partial charge in [0.15, 0.2) is 11.5 Å². The van der Waals surface area contributed by atoms with E-state index in [1.54, 1.807) is 18.2 Å². The molecule has 0 bridgehead atoms. The molecule has 22 heavy (non-hydrogen) atoms. The van der Waals surface area contributed by atoms with Gasteiger partial charge in [-0.2, -0.15) is 0 Å². The van der Waals surface area contributed by atoms with Crippen molar-refractivity contribution < 1.29 is 20.4 Å². The van der Waals surface area contributed by atoms with Crippen LogP contribution in [0, 0.1) is 0 Å². The third-order valence-electron chi connectivity index (χ3n) is 4.03. The minimum Gasteiger partial charge on any atom is -0.504 e. The van der Waals surface area contributed by atoms with Gasteiger partial charge in [0.05, 0.1) is 0 Å². The minimum atomic E-state index is -0.970. The van der Waals surface area contributed by atoms with Crippen molar-refractivity contribution in [1.29, 1.82) is 0 Å². The molecule has 0 saturated heterocycles. The summed E-state index contributed by atoms with van der Waals surface area (Å²) in [6, 6.07) is 7.39. The summed E-state index contributed by atoms with van der Waals surface area (Å²) in [5.74, 6) is -0.191. The highest BCUT2D eigenvalue weighted by Gasteiger charge is 2.23. The van der Waals surface area contributed by atoms with Gasteiger partial charge in [0, 0.05) is 5.57 Å². The van der Waals surface area contributed by atoms with Crippen LogP contribution in [0.1, 0.15) is 24.0 Å². The van der Waals surface area contributed by atoms with Gasteiger partial charge >= 0.3 is 0 Å². The average Bonchev–Trinajstić information content (AvgIpc) is 2.53. The predicted molar refractivity (Wildman–Crippen MR) is 85.1 cm³/mol. The SMILES string of the molecule is OC1=CCCC(c2cccc(C3=CC=C[C@@H](O)[C@H]3O)c2)=C1O. The van der Waals surface area contributed by atoms with Gasteiger partial charge < -0.3 is 20.4 Å². The molecule has 114 valence electrons. The molecule has 0 unspecified atom stereocenters. The quantitative estimate of drug-likeness (QED) is 0.677. The van der Waals surface area contributed by atoms with Gasteiger partial charge in [0.25, 0.3) is 0 Å². The van der Waals surface area contributed by atoms with Crippen LogP contribution in [0.2, 0.25) is 0 Å². The van der Waals surface area contributed by atoms with E-state index in [-0.39, 0.29) is 11.5 Å². The van der Waals surface area contributed by atoms with Crippen molar-refractivity contribution >= 4 is 11.1 Å². The Labute approximate surface area is 128 Å². The Hall–Kier alpha value is -2.30. The van der Waals surface area contributed by atoms with Crippen molar-refractivity contribution in [2.45, 2.75) is 25.0 Å². The number of hydrogen-bond donors (Lipinski definition) is 4. The van der Waals surface area contributed by atoms with Gasteiger partial charge in [-0.25, -0.2) is 0 Å². The zero-order valence-electron chi connectivity index (χ0n) is 12.0. The number of rotatable bonds is 2. The normalized spacial score (nSPS) is 25.0. The lowest BCUT2D eigenvalue weighted by atomic mass is 9.89. The van der Waals surface area contributed by atoms with Crippen LogP contribution in [0.15, 0.2) is 60.1 Å². The van der Waals surface area contributed by atoms with E-state index >= 15 is 0 Å². The third kappa shape index (κ3) is 2.58. The summed E-state index contributed by atoms with van der Waals surface area (Å²) in [5, 5.41) is 39.5. The van der Waals surface area contributed by atoms with E-state index in [2.05, 4.69) is 0 Å².